The fourth-order valence-corrected chi connectivity index (χ4v) is 9.24. The van der Waals surface area contributed by atoms with Gasteiger partial charge in [0.15, 0.2) is 11.5 Å². The van der Waals surface area contributed by atoms with E-state index in [2.05, 4.69) is 65.2 Å². The summed E-state index contributed by atoms with van der Waals surface area (Å²) < 4.78 is 26.1. The maximum Gasteiger partial charge on any atom is 0.245 e. The summed E-state index contributed by atoms with van der Waals surface area (Å²) >= 11 is 0. The molecule has 2 N–H and O–H groups in total. The van der Waals surface area contributed by atoms with E-state index in [4.69, 9.17) is 23.6 Å². The van der Waals surface area contributed by atoms with E-state index in [1.807, 2.05) is 40.8 Å². The highest BCUT2D eigenvalue weighted by atomic mass is 28.4. The molecule has 0 fully saturated rings. The fourth-order valence-electron chi connectivity index (χ4n) is 5.86. The first-order valence-corrected chi connectivity index (χ1v) is 17.3. The van der Waals surface area contributed by atoms with Gasteiger partial charge in [-0.05, 0) is 85.9 Å². The average Bonchev–Trinajstić information content (AvgIpc) is 3.23. The Kier molecular flexibility index (Phi) is 7.94. The Morgan fingerprint density at radius 2 is 1.71 bits per heavy atom. The number of nitrogens with zero attached hydrogens (tertiary/aromatic N) is 2. The second-order valence-corrected chi connectivity index (χ2v) is 16.5. The number of fused-ring (bicyclic) bond motifs is 2. The van der Waals surface area contributed by atoms with Crippen LogP contribution >= 0.6 is 0 Å². The van der Waals surface area contributed by atoms with Crippen LogP contribution in [0.15, 0.2) is 48.5 Å². The molecule has 41 heavy (non-hydrogen) atoms. The van der Waals surface area contributed by atoms with Crippen LogP contribution in [0.5, 0.6) is 23.1 Å². The van der Waals surface area contributed by atoms with Crippen LogP contribution in [0.4, 0.5) is 11.5 Å². The predicted octanol–water partition coefficient (Wildman–Crippen LogP) is 7.13. The Balaban J connectivity index is 1.60. The van der Waals surface area contributed by atoms with Crippen molar-refractivity contribution in [1.29, 1.82) is 0 Å². The first-order valence-electron chi connectivity index (χ1n) is 14.2. The molecule has 0 amide bonds. The Labute approximate surface area is 243 Å². The van der Waals surface area contributed by atoms with E-state index in [-0.39, 0.29) is 18.6 Å². The lowest BCUT2D eigenvalue weighted by Gasteiger charge is -2.31. The van der Waals surface area contributed by atoms with E-state index in [0.717, 1.165) is 57.1 Å². The van der Waals surface area contributed by atoms with E-state index < -0.39 is 8.32 Å². The third-order valence-electron chi connectivity index (χ3n) is 6.85. The number of aliphatic hydroxyl groups excluding tert-OH is 1. The summed E-state index contributed by atoms with van der Waals surface area (Å²) in [4.78, 5) is 5.08. The Bertz CT molecular complexity index is 1530. The summed E-state index contributed by atoms with van der Waals surface area (Å²) in [6.45, 7) is 16.7. The zero-order valence-electron chi connectivity index (χ0n) is 25.1. The number of ether oxygens (including phenoxy) is 3. The van der Waals surface area contributed by atoms with Gasteiger partial charge >= 0.3 is 0 Å². The molecule has 3 heterocycles. The maximum absolute atomic E-state index is 9.44. The van der Waals surface area contributed by atoms with Gasteiger partial charge in [0.05, 0.1) is 6.61 Å². The highest BCUT2D eigenvalue weighted by Crippen LogP contribution is 2.41. The number of hydrogen-bond donors (Lipinski definition) is 2. The standard InChI is InChI=1S/C32H41N3O5Si/c1-21-17-24(40-41(6,7)20-32(3,4)5)18-22(2)29(21)30-31(33-23-11-12-25-26(19-23)38-16-15-37-25)35-27(34-30)9-8-10-28(35)39-14-13-36/h8-12,17-19,33,36H,13-16,20H2,1-7H3. The van der Waals surface area contributed by atoms with Crippen LogP contribution in [0.1, 0.15) is 31.9 Å². The van der Waals surface area contributed by atoms with Gasteiger partial charge < -0.3 is 29.1 Å². The summed E-state index contributed by atoms with van der Waals surface area (Å²) in [5, 5.41) is 13.0. The number of imidazole rings is 1. The average molecular weight is 576 g/mol. The normalized spacial score (nSPS) is 13.4. The van der Waals surface area contributed by atoms with E-state index in [1.165, 1.54) is 0 Å². The van der Waals surface area contributed by atoms with Gasteiger partial charge in [-0.15, -0.1) is 0 Å². The topological polar surface area (TPSA) is 86.5 Å². The van der Waals surface area contributed by atoms with Gasteiger partial charge in [-0.2, -0.15) is 0 Å². The number of anilines is 2. The van der Waals surface area contributed by atoms with Crippen molar-refractivity contribution in [2.75, 3.05) is 31.7 Å². The minimum atomic E-state index is -1.93. The van der Waals surface area contributed by atoms with Gasteiger partial charge in [0, 0.05) is 17.3 Å². The lowest BCUT2D eigenvalue weighted by molar-refractivity contribution is 0.171. The molecule has 0 atom stereocenters. The molecule has 0 saturated carbocycles. The lowest BCUT2D eigenvalue weighted by Crippen LogP contribution is -2.38. The molecule has 218 valence electrons. The van der Waals surface area contributed by atoms with Gasteiger partial charge in [0.1, 0.15) is 42.7 Å². The molecular formula is C32H41N3O5Si. The van der Waals surface area contributed by atoms with Crippen molar-refractivity contribution in [3.63, 3.8) is 0 Å². The first kappa shape index (κ1) is 28.8. The molecule has 0 radical (unpaired) electrons. The van der Waals surface area contributed by atoms with Crippen LogP contribution in [-0.4, -0.2) is 49.2 Å². The third-order valence-corrected chi connectivity index (χ3v) is 9.55. The van der Waals surface area contributed by atoms with E-state index in [1.54, 1.807) is 0 Å². The molecule has 1 aliphatic heterocycles. The molecule has 0 saturated heterocycles. The van der Waals surface area contributed by atoms with Crippen molar-refractivity contribution in [1.82, 2.24) is 9.38 Å². The van der Waals surface area contributed by atoms with Crippen molar-refractivity contribution >= 4 is 25.5 Å². The monoisotopic (exact) mass is 575 g/mol. The number of benzene rings is 2. The predicted molar refractivity (Wildman–Crippen MR) is 166 cm³/mol. The lowest BCUT2D eigenvalue weighted by atomic mass is 9.99. The number of aliphatic hydroxyl groups is 1. The van der Waals surface area contributed by atoms with Crippen molar-refractivity contribution in [2.45, 2.75) is 53.8 Å². The number of aryl methyl sites for hydroxylation is 2. The van der Waals surface area contributed by atoms with Crippen LogP contribution in [0.25, 0.3) is 16.9 Å². The number of pyridine rings is 1. The van der Waals surface area contributed by atoms with Gasteiger partial charge in [-0.3, -0.25) is 0 Å². The maximum atomic E-state index is 9.44. The molecule has 2 aromatic carbocycles. The molecule has 0 spiro atoms. The van der Waals surface area contributed by atoms with Crippen LogP contribution in [0, 0.1) is 19.3 Å². The Hall–Kier alpha value is -3.69. The number of aromatic nitrogens is 2. The molecule has 0 aliphatic carbocycles. The molecule has 4 aromatic rings. The summed E-state index contributed by atoms with van der Waals surface area (Å²) in [6, 6.07) is 16.9. The van der Waals surface area contributed by atoms with Crippen molar-refractivity contribution in [3.8, 4) is 34.4 Å². The van der Waals surface area contributed by atoms with Crippen LogP contribution in [0.2, 0.25) is 19.1 Å². The van der Waals surface area contributed by atoms with Gasteiger partial charge in [-0.1, -0.05) is 26.8 Å². The summed E-state index contributed by atoms with van der Waals surface area (Å²) in [7, 11) is -1.93. The van der Waals surface area contributed by atoms with E-state index in [0.29, 0.717) is 24.8 Å². The molecule has 0 bridgehead atoms. The van der Waals surface area contributed by atoms with Gasteiger partial charge in [0.25, 0.3) is 0 Å². The second kappa shape index (κ2) is 11.3. The molecule has 9 heteroatoms. The highest BCUT2D eigenvalue weighted by molar-refractivity contribution is 6.72. The smallest absolute Gasteiger partial charge is 0.245 e. The van der Waals surface area contributed by atoms with Crippen LogP contribution < -0.4 is 24.0 Å². The molecule has 5 rings (SSSR count). The Morgan fingerprint density at radius 3 is 2.39 bits per heavy atom. The van der Waals surface area contributed by atoms with Crippen molar-refractivity contribution in [3.05, 3.63) is 59.7 Å². The van der Waals surface area contributed by atoms with E-state index >= 15 is 0 Å². The Morgan fingerprint density at radius 1 is 1.00 bits per heavy atom. The van der Waals surface area contributed by atoms with Crippen LogP contribution in [-0.2, 0) is 0 Å². The molecule has 0 unspecified atom stereocenters. The quantitative estimate of drug-likeness (QED) is 0.205. The van der Waals surface area contributed by atoms with Crippen molar-refractivity contribution < 1.29 is 23.7 Å². The largest absolute Gasteiger partial charge is 0.544 e. The summed E-state index contributed by atoms with van der Waals surface area (Å²) in [5.41, 5.74) is 5.75. The first-order chi connectivity index (χ1) is 19.4. The van der Waals surface area contributed by atoms with Gasteiger partial charge in [-0.25, -0.2) is 9.38 Å². The van der Waals surface area contributed by atoms with E-state index in [9.17, 15) is 5.11 Å². The summed E-state index contributed by atoms with van der Waals surface area (Å²) in [5.74, 6) is 3.67. The number of hydrogen-bond acceptors (Lipinski definition) is 7. The zero-order chi connectivity index (χ0) is 29.4. The number of rotatable bonds is 9. The van der Waals surface area contributed by atoms with Crippen LogP contribution in [0.3, 0.4) is 0 Å². The minimum absolute atomic E-state index is 0.0859. The van der Waals surface area contributed by atoms with Crippen molar-refractivity contribution in [2.24, 2.45) is 5.41 Å². The second-order valence-electron chi connectivity index (χ2n) is 12.5. The molecular weight excluding hydrogens is 534 g/mol. The fraction of sp³-hybridized carbons (Fsp3) is 0.406. The minimum Gasteiger partial charge on any atom is -0.544 e. The molecule has 8 nitrogen and oxygen atoms in total. The molecule has 1 aliphatic rings. The zero-order valence-corrected chi connectivity index (χ0v) is 26.1. The number of nitrogens with one attached hydrogen (secondary N) is 1. The highest BCUT2D eigenvalue weighted by Gasteiger charge is 2.31. The summed E-state index contributed by atoms with van der Waals surface area (Å²) in [6.07, 6.45) is 0. The third kappa shape index (κ3) is 6.46. The van der Waals surface area contributed by atoms with Gasteiger partial charge in [0.2, 0.25) is 14.2 Å². The SMILES string of the molecule is Cc1cc(O[Si](C)(C)CC(C)(C)C)cc(C)c1-c1nc2cccc(OCCO)n2c1Nc1ccc2c(c1)OCCO2. The molecule has 2 aromatic heterocycles.